The molecule has 2 heterocycles. The molecule has 2 rings (SSSR count). The van der Waals surface area contributed by atoms with E-state index >= 15 is 0 Å². The van der Waals surface area contributed by atoms with Crippen molar-refractivity contribution in [3.63, 3.8) is 0 Å². The van der Waals surface area contributed by atoms with Gasteiger partial charge in [-0.05, 0) is 38.3 Å². The SMILES string of the molecule is Cc1ccnc(-n2nc(C)cc2CC(C)C)n1. The Labute approximate surface area is 102 Å². The zero-order chi connectivity index (χ0) is 12.4. The lowest BCUT2D eigenvalue weighted by Gasteiger charge is -2.07. The Balaban J connectivity index is 2.44. The fourth-order valence-corrected chi connectivity index (χ4v) is 1.83. The molecule has 0 aliphatic heterocycles. The molecular weight excluding hydrogens is 212 g/mol. The number of hydrogen-bond donors (Lipinski definition) is 0. The van der Waals surface area contributed by atoms with E-state index < -0.39 is 0 Å². The van der Waals surface area contributed by atoms with Gasteiger partial charge in [0.1, 0.15) is 0 Å². The number of aromatic nitrogens is 4. The van der Waals surface area contributed by atoms with E-state index in [1.54, 1.807) is 6.20 Å². The monoisotopic (exact) mass is 230 g/mol. The van der Waals surface area contributed by atoms with Gasteiger partial charge in [0.05, 0.1) is 5.69 Å². The molecule has 17 heavy (non-hydrogen) atoms. The molecule has 0 atom stereocenters. The Morgan fingerprint density at radius 3 is 2.65 bits per heavy atom. The largest absolute Gasteiger partial charge is 0.250 e. The summed E-state index contributed by atoms with van der Waals surface area (Å²) < 4.78 is 1.85. The molecule has 0 bridgehead atoms. The Bertz CT molecular complexity index is 514. The predicted octanol–water partition coefficient (Wildman–Crippen LogP) is 2.48. The van der Waals surface area contributed by atoms with Crippen LogP contribution >= 0.6 is 0 Å². The third-order valence-electron chi connectivity index (χ3n) is 2.49. The molecule has 0 N–H and O–H groups in total. The van der Waals surface area contributed by atoms with Crippen LogP contribution in [0.25, 0.3) is 5.95 Å². The Morgan fingerprint density at radius 1 is 1.24 bits per heavy atom. The first-order valence-electron chi connectivity index (χ1n) is 5.92. The molecule has 90 valence electrons. The standard InChI is InChI=1S/C13H18N4/c1-9(2)7-12-8-11(4)16-17(12)13-14-6-5-10(3)15-13/h5-6,8-9H,7H2,1-4H3. The highest BCUT2D eigenvalue weighted by molar-refractivity contribution is 5.21. The quantitative estimate of drug-likeness (QED) is 0.813. The van der Waals surface area contributed by atoms with Gasteiger partial charge in [-0.25, -0.2) is 14.6 Å². The second kappa shape index (κ2) is 4.65. The minimum absolute atomic E-state index is 0.592. The molecule has 2 aromatic heterocycles. The van der Waals surface area contributed by atoms with Crippen LogP contribution in [0.1, 0.15) is 30.9 Å². The average molecular weight is 230 g/mol. The molecule has 4 nitrogen and oxygen atoms in total. The van der Waals surface area contributed by atoms with E-state index in [2.05, 4.69) is 35.0 Å². The van der Waals surface area contributed by atoms with Crippen molar-refractivity contribution in [2.24, 2.45) is 5.92 Å². The van der Waals surface area contributed by atoms with Gasteiger partial charge in [-0.2, -0.15) is 5.10 Å². The van der Waals surface area contributed by atoms with E-state index in [9.17, 15) is 0 Å². The van der Waals surface area contributed by atoms with Crippen LogP contribution in [0.15, 0.2) is 18.3 Å². The maximum atomic E-state index is 4.47. The highest BCUT2D eigenvalue weighted by Crippen LogP contribution is 2.13. The minimum atomic E-state index is 0.592. The Morgan fingerprint density at radius 2 is 2.00 bits per heavy atom. The second-order valence-electron chi connectivity index (χ2n) is 4.78. The van der Waals surface area contributed by atoms with Gasteiger partial charge in [0.15, 0.2) is 0 Å². The first kappa shape index (κ1) is 11.8. The summed E-state index contributed by atoms with van der Waals surface area (Å²) in [7, 11) is 0. The van der Waals surface area contributed by atoms with Crippen LogP contribution in [0.2, 0.25) is 0 Å². The molecule has 0 aliphatic rings. The van der Waals surface area contributed by atoms with E-state index in [0.29, 0.717) is 11.9 Å². The highest BCUT2D eigenvalue weighted by Gasteiger charge is 2.11. The van der Waals surface area contributed by atoms with Crippen LogP contribution in [-0.2, 0) is 6.42 Å². The first-order chi connectivity index (χ1) is 8.06. The van der Waals surface area contributed by atoms with Crippen LogP contribution in [-0.4, -0.2) is 19.7 Å². The number of rotatable bonds is 3. The third-order valence-corrected chi connectivity index (χ3v) is 2.49. The maximum absolute atomic E-state index is 4.47. The van der Waals surface area contributed by atoms with Crippen LogP contribution in [0.4, 0.5) is 0 Å². The van der Waals surface area contributed by atoms with Gasteiger partial charge in [0.2, 0.25) is 0 Å². The summed E-state index contributed by atoms with van der Waals surface area (Å²) in [6.07, 6.45) is 2.76. The van der Waals surface area contributed by atoms with E-state index in [1.807, 2.05) is 24.6 Å². The van der Waals surface area contributed by atoms with E-state index in [0.717, 1.165) is 17.8 Å². The van der Waals surface area contributed by atoms with Crippen molar-refractivity contribution >= 4 is 0 Å². The lowest BCUT2D eigenvalue weighted by Crippen LogP contribution is -2.09. The van der Waals surface area contributed by atoms with Gasteiger partial charge in [0.25, 0.3) is 5.95 Å². The van der Waals surface area contributed by atoms with Crippen LogP contribution in [0.3, 0.4) is 0 Å². The van der Waals surface area contributed by atoms with Crippen LogP contribution in [0.5, 0.6) is 0 Å². The summed E-state index contributed by atoms with van der Waals surface area (Å²) in [5.74, 6) is 1.25. The molecule has 0 saturated heterocycles. The second-order valence-corrected chi connectivity index (χ2v) is 4.78. The maximum Gasteiger partial charge on any atom is 0.250 e. The molecule has 0 radical (unpaired) electrons. The normalized spacial score (nSPS) is 11.1. The molecule has 0 amide bonds. The molecule has 0 fully saturated rings. The molecule has 0 saturated carbocycles. The summed E-state index contributed by atoms with van der Waals surface area (Å²) in [6, 6.07) is 3.99. The molecule has 0 unspecified atom stereocenters. The summed E-state index contributed by atoms with van der Waals surface area (Å²) in [6.45, 7) is 8.35. The topological polar surface area (TPSA) is 43.6 Å². The fraction of sp³-hybridized carbons (Fsp3) is 0.462. The van der Waals surface area contributed by atoms with Gasteiger partial charge in [-0.15, -0.1) is 0 Å². The Kier molecular flexibility index (Phi) is 3.22. The number of nitrogens with zero attached hydrogens (tertiary/aromatic N) is 4. The predicted molar refractivity (Wildman–Crippen MR) is 67.2 cm³/mol. The fourth-order valence-electron chi connectivity index (χ4n) is 1.83. The summed E-state index contributed by atoms with van der Waals surface area (Å²) in [5, 5.41) is 4.47. The molecular formula is C13H18N4. The van der Waals surface area contributed by atoms with Gasteiger partial charge in [0, 0.05) is 17.6 Å². The summed E-state index contributed by atoms with van der Waals surface area (Å²) in [4.78, 5) is 8.69. The molecule has 0 spiro atoms. The van der Waals surface area contributed by atoms with Crippen molar-refractivity contribution in [2.75, 3.05) is 0 Å². The van der Waals surface area contributed by atoms with Gasteiger partial charge in [-0.3, -0.25) is 0 Å². The zero-order valence-electron chi connectivity index (χ0n) is 10.8. The first-order valence-corrected chi connectivity index (χ1v) is 5.92. The van der Waals surface area contributed by atoms with Crippen molar-refractivity contribution in [3.05, 3.63) is 35.4 Å². The smallest absolute Gasteiger partial charge is 0.220 e. The lowest BCUT2D eigenvalue weighted by atomic mass is 10.1. The molecule has 0 aromatic carbocycles. The number of aryl methyl sites for hydroxylation is 2. The zero-order valence-corrected chi connectivity index (χ0v) is 10.8. The Hall–Kier alpha value is -1.71. The number of hydrogen-bond acceptors (Lipinski definition) is 3. The minimum Gasteiger partial charge on any atom is -0.220 e. The van der Waals surface area contributed by atoms with E-state index in [4.69, 9.17) is 0 Å². The van der Waals surface area contributed by atoms with Crippen molar-refractivity contribution in [3.8, 4) is 5.95 Å². The molecule has 0 aliphatic carbocycles. The van der Waals surface area contributed by atoms with Crippen molar-refractivity contribution in [1.29, 1.82) is 0 Å². The van der Waals surface area contributed by atoms with Crippen molar-refractivity contribution in [2.45, 2.75) is 34.1 Å². The molecule has 2 aromatic rings. The van der Waals surface area contributed by atoms with Crippen molar-refractivity contribution < 1.29 is 0 Å². The average Bonchev–Trinajstić information content (AvgIpc) is 2.58. The van der Waals surface area contributed by atoms with Crippen molar-refractivity contribution in [1.82, 2.24) is 19.7 Å². The van der Waals surface area contributed by atoms with Gasteiger partial charge < -0.3 is 0 Å². The summed E-state index contributed by atoms with van der Waals surface area (Å²) in [5.41, 5.74) is 3.13. The third kappa shape index (κ3) is 2.70. The highest BCUT2D eigenvalue weighted by atomic mass is 15.4. The van der Waals surface area contributed by atoms with E-state index in [1.165, 1.54) is 5.69 Å². The lowest BCUT2D eigenvalue weighted by molar-refractivity contribution is 0.608. The van der Waals surface area contributed by atoms with Crippen LogP contribution < -0.4 is 0 Å². The van der Waals surface area contributed by atoms with Gasteiger partial charge >= 0.3 is 0 Å². The molecule has 4 heteroatoms. The van der Waals surface area contributed by atoms with Gasteiger partial charge in [-0.1, -0.05) is 13.8 Å². The van der Waals surface area contributed by atoms with E-state index in [-0.39, 0.29) is 0 Å². The van der Waals surface area contributed by atoms with Crippen LogP contribution in [0, 0.1) is 19.8 Å². The summed E-state index contributed by atoms with van der Waals surface area (Å²) >= 11 is 0.